The highest BCUT2D eigenvalue weighted by Crippen LogP contribution is 2.19. The third kappa shape index (κ3) is 3.27. The zero-order chi connectivity index (χ0) is 12.3. The molecule has 17 heavy (non-hydrogen) atoms. The number of hydroxylamine groups is 1. The molecule has 0 atom stereocenters. The second-order valence-electron chi connectivity index (χ2n) is 4.63. The topological polar surface area (TPSA) is 51.2 Å². The smallest absolute Gasteiger partial charge is 0.270 e. The number of aromatic nitrogens is 1. The fourth-order valence-electron chi connectivity index (χ4n) is 2.15. The third-order valence-electron chi connectivity index (χ3n) is 2.95. The van der Waals surface area contributed by atoms with E-state index in [1.54, 1.807) is 6.07 Å². The molecule has 0 saturated heterocycles. The van der Waals surface area contributed by atoms with Gasteiger partial charge in [-0.05, 0) is 44.4 Å². The number of nitrogens with one attached hydrogen (secondary N) is 1. The molecule has 0 spiro atoms. The summed E-state index contributed by atoms with van der Waals surface area (Å²) in [5.74, 6) is -0.260. The molecule has 2 rings (SSSR count). The molecule has 92 valence electrons. The monoisotopic (exact) mass is 234 g/mol. The number of aryl methyl sites for hydroxylation is 2. The van der Waals surface area contributed by atoms with Crippen LogP contribution in [0.1, 0.15) is 47.4 Å². The third-order valence-corrected chi connectivity index (χ3v) is 2.95. The predicted octanol–water partition coefficient (Wildman–Crippen LogP) is 2.30. The highest BCUT2D eigenvalue weighted by molar-refractivity contribution is 5.91. The van der Waals surface area contributed by atoms with E-state index in [2.05, 4.69) is 10.5 Å². The van der Waals surface area contributed by atoms with Crippen LogP contribution in [0.15, 0.2) is 12.1 Å². The van der Waals surface area contributed by atoms with Crippen molar-refractivity contribution in [2.24, 2.45) is 0 Å². The number of pyridine rings is 1. The molecule has 0 radical (unpaired) electrons. The van der Waals surface area contributed by atoms with Gasteiger partial charge in [0.05, 0.1) is 6.10 Å². The SMILES string of the molecule is Cc1cc(C)nc(C(=O)NOC2CCCC2)c1. The lowest BCUT2D eigenvalue weighted by molar-refractivity contribution is -0.0127. The summed E-state index contributed by atoms with van der Waals surface area (Å²) in [4.78, 5) is 21.4. The Morgan fingerprint density at radius 1 is 1.35 bits per heavy atom. The van der Waals surface area contributed by atoms with Crippen LogP contribution in [0.4, 0.5) is 0 Å². The number of rotatable bonds is 3. The number of hydrogen-bond donors (Lipinski definition) is 1. The van der Waals surface area contributed by atoms with Gasteiger partial charge in [-0.2, -0.15) is 0 Å². The number of hydrogen-bond acceptors (Lipinski definition) is 3. The minimum atomic E-state index is -0.260. The molecule has 1 N–H and O–H groups in total. The lowest BCUT2D eigenvalue weighted by Crippen LogP contribution is -2.29. The number of carbonyl (C=O) groups is 1. The minimum absolute atomic E-state index is 0.171. The van der Waals surface area contributed by atoms with Crippen LogP contribution in [0.2, 0.25) is 0 Å². The second-order valence-corrected chi connectivity index (χ2v) is 4.63. The van der Waals surface area contributed by atoms with Gasteiger partial charge in [-0.15, -0.1) is 0 Å². The first-order chi connectivity index (χ1) is 8.15. The molecule has 1 saturated carbocycles. The molecule has 1 aromatic heterocycles. The maximum atomic E-state index is 11.8. The lowest BCUT2D eigenvalue weighted by atomic mass is 10.2. The van der Waals surface area contributed by atoms with Gasteiger partial charge >= 0.3 is 0 Å². The molecule has 4 heteroatoms. The maximum absolute atomic E-state index is 11.8. The Balaban J connectivity index is 1.94. The van der Waals surface area contributed by atoms with Gasteiger partial charge < -0.3 is 0 Å². The van der Waals surface area contributed by atoms with E-state index in [1.165, 1.54) is 12.8 Å². The van der Waals surface area contributed by atoms with Gasteiger partial charge in [0, 0.05) is 5.69 Å². The van der Waals surface area contributed by atoms with Crippen LogP contribution in [-0.2, 0) is 4.84 Å². The molecule has 0 aliphatic heterocycles. The standard InChI is InChI=1S/C13H18N2O2/c1-9-7-10(2)14-12(8-9)13(16)15-17-11-5-3-4-6-11/h7-8,11H,3-6H2,1-2H3,(H,15,16). The molecule has 1 heterocycles. The van der Waals surface area contributed by atoms with Gasteiger partial charge in [0.2, 0.25) is 0 Å². The van der Waals surface area contributed by atoms with Crippen LogP contribution in [0.5, 0.6) is 0 Å². The van der Waals surface area contributed by atoms with E-state index in [0.717, 1.165) is 24.1 Å². The van der Waals surface area contributed by atoms with E-state index in [-0.39, 0.29) is 12.0 Å². The van der Waals surface area contributed by atoms with Crippen molar-refractivity contribution in [2.75, 3.05) is 0 Å². The zero-order valence-corrected chi connectivity index (χ0v) is 10.3. The summed E-state index contributed by atoms with van der Waals surface area (Å²) in [6.07, 6.45) is 4.59. The van der Waals surface area contributed by atoms with Gasteiger partial charge in [-0.3, -0.25) is 9.63 Å². The highest BCUT2D eigenvalue weighted by Gasteiger charge is 2.17. The Bertz CT molecular complexity index is 392. The molecule has 4 nitrogen and oxygen atoms in total. The van der Waals surface area contributed by atoms with E-state index < -0.39 is 0 Å². The van der Waals surface area contributed by atoms with Crippen LogP contribution in [0.3, 0.4) is 0 Å². The Hall–Kier alpha value is -1.42. The average Bonchev–Trinajstić information content (AvgIpc) is 2.77. The molecule has 0 aromatic carbocycles. The summed E-state index contributed by atoms with van der Waals surface area (Å²) in [5.41, 5.74) is 4.79. The number of carbonyl (C=O) groups excluding carboxylic acids is 1. The molecule has 1 aliphatic carbocycles. The first-order valence-corrected chi connectivity index (χ1v) is 6.06. The molecule has 0 unspecified atom stereocenters. The van der Waals surface area contributed by atoms with Crippen molar-refractivity contribution in [3.63, 3.8) is 0 Å². The Labute approximate surface area is 101 Å². The molecular weight excluding hydrogens is 216 g/mol. The van der Waals surface area contributed by atoms with Gasteiger partial charge in [-0.1, -0.05) is 12.8 Å². The quantitative estimate of drug-likeness (QED) is 0.816. The summed E-state index contributed by atoms with van der Waals surface area (Å²) < 4.78 is 0. The minimum Gasteiger partial charge on any atom is -0.270 e. The largest absolute Gasteiger partial charge is 0.293 e. The van der Waals surface area contributed by atoms with Crippen molar-refractivity contribution >= 4 is 5.91 Å². The van der Waals surface area contributed by atoms with Gasteiger partial charge in [0.25, 0.3) is 5.91 Å². The van der Waals surface area contributed by atoms with Crippen molar-refractivity contribution < 1.29 is 9.63 Å². The Morgan fingerprint density at radius 2 is 2.06 bits per heavy atom. The van der Waals surface area contributed by atoms with Crippen molar-refractivity contribution in [1.29, 1.82) is 0 Å². The highest BCUT2D eigenvalue weighted by atomic mass is 16.7. The Morgan fingerprint density at radius 3 is 2.71 bits per heavy atom. The average molecular weight is 234 g/mol. The van der Waals surface area contributed by atoms with E-state index in [4.69, 9.17) is 4.84 Å². The lowest BCUT2D eigenvalue weighted by Gasteiger charge is -2.11. The maximum Gasteiger partial charge on any atom is 0.293 e. The van der Waals surface area contributed by atoms with E-state index >= 15 is 0 Å². The van der Waals surface area contributed by atoms with Crippen LogP contribution in [-0.4, -0.2) is 17.0 Å². The first kappa shape index (κ1) is 12.0. The first-order valence-electron chi connectivity index (χ1n) is 6.06. The normalized spacial score (nSPS) is 16.1. The van der Waals surface area contributed by atoms with Gasteiger partial charge in [0.1, 0.15) is 5.69 Å². The summed E-state index contributed by atoms with van der Waals surface area (Å²) >= 11 is 0. The van der Waals surface area contributed by atoms with Crippen molar-refractivity contribution in [1.82, 2.24) is 10.5 Å². The van der Waals surface area contributed by atoms with Crippen molar-refractivity contribution in [2.45, 2.75) is 45.6 Å². The fourth-order valence-corrected chi connectivity index (χ4v) is 2.15. The summed E-state index contributed by atoms with van der Waals surface area (Å²) in [7, 11) is 0. The molecule has 1 aromatic rings. The summed E-state index contributed by atoms with van der Waals surface area (Å²) in [5, 5.41) is 0. The molecule has 1 aliphatic rings. The van der Waals surface area contributed by atoms with E-state index in [0.29, 0.717) is 5.69 Å². The fraction of sp³-hybridized carbons (Fsp3) is 0.538. The van der Waals surface area contributed by atoms with Crippen LogP contribution in [0.25, 0.3) is 0 Å². The second kappa shape index (κ2) is 5.27. The summed E-state index contributed by atoms with van der Waals surface area (Å²) in [6, 6.07) is 3.70. The van der Waals surface area contributed by atoms with Gasteiger partial charge in [0.15, 0.2) is 0 Å². The summed E-state index contributed by atoms with van der Waals surface area (Å²) in [6.45, 7) is 3.82. The molecular formula is C13H18N2O2. The number of amides is 1. The van der Waals surface area contributed by atoms with Crippen molar-refractivity contribution in [3.8, 4) is 0 Å². The van der Waals surface area contributed by atoms with E-state index in [9.17, 15) is 4.79 Å². The zero-order valence-electron chi connectivity index (χ0n) is 10.3. The van der Waals surface area contributed by atoms with Crippen LogP contribution < -0.4 is 5.48 Å². The van der Waals surface area contributed by atoms with Gasteiger partial charge in [-0.25, -0.2) is 10.5 Å². The van der Waals surface area contributed by atoms with Crippen LogP contribution in [0, 0.1) is 13.8 Å². The van der Waals surface area contributed by atoms with Crippen molar-refractivity contribution in [3.05, 3.63) is 29.1 Å². The van der Waals surface area contributed by atoms with E-state index in [1.807, 2.05) is 19.9 Å². The molecule has 0 bridgehead atoms. The molecule has 1 amide bonds. The molecule has 1 fully saturated rings. The Kier molecular flexibility index (Phi) is 3.74. The number of nitrogens with zero attached hydrogens (tertiary/aromatic N) is 1. The van der Waals surface area contributed by atoms with Crippen LogP contribution >= 0.6 is 0 Å². The predicted molar refractivity (Wildman–Crippen MR) is 64.5 cm³/mol.